The fraction of sp³-hybridized carbons (Fsp3) is 0.609. The molecule has 1 atom stereocenters. The summed E-state index contributed by atoms with van der Waals surface area (Å²) >= 11 is 5.47. The van der Waals surface area contributed by atoms with Crippen LogP contribution in [0.2, 0.25) is 0 Å². The van der Waals surface area contributed by atoms with Crippen molar-refractivity contribution in [1.29, 1.82) is 0 Å². The predicted molar refractivity (Wildman–Crippen MR) is 114 cm³/mol. The first kappa shape index (κ1) is 21.0. The number of Topliss-reactive ketones (excluding diaryl/α,β-unsaturated/α-hetero) is 1. The van der Waals surface area contributed by atoms with Crippen molar-refractivity contribution in [3.05, 3.63) is 35.9 Å². The average molecular weight is 402 g/mol. The van der Waals surface area contributed by atoms with Gasteiger partial charge in [-0.2, -0.15) is 0 Å². The highest BCUT2D eigenvalue weighted by molar-refractivity contribution is 7.80. The second-order valence-corrected chi connectivity index (χ2v) is 8.37. The number of rotatable bonds is 8. The number of amides is 1. The van der Waals surface area contributed by atoms with E-state index in [-0.39, 0.29) is 23.7 Å². The SMILES string of the molecule is O=C(C(=O)N1CCCC1C(=S)OCCCCc1ccccc1)C1CCCCC1. The third-order valence-electron chi connectivity index (χ3n) is 5.92. The number of ketones is 1. The van der Waals surface area contributed by atoms with Crippen molar-refractivity contribution in [3.8, 4) is 0 Å². The number of hydrogen-bond donors (Lipinski definition) is 0. The van der Waals surface area contributed by atoms with E-state index in [0.717, 1.165) is 57.8 Å². The van der Waals surface area contributed by atoms with Gasteiger partial charge in [-0.25, -0.2) is 0 Å². The fourth-order valence-corrected chi connectivity index (χ4v) is 4.61. The summed E-state index contributed by atoms with van der Waals surface area (Å²) in [6, 6.07) is 10.2. The van der Waals surface area contributed by atoms with Crippen LogP contribution in [-0.2, 0) is 20.7 Å². The van der Waals surface area contributed by atoms with E-state index in [1.54, 1.807) is 4.90 Å². The number of carbonyl (C=O) groups is 2. The van der Waals surface area contributed by atoms with E-state index in [9.17, 15) is 9.59 Å². The van der Waals surface area contributed by atoms with Crippen LogP contribution in [0.15, 0.2) is 30.3 Å². The van der Waals surface area contributed by atoms with E-state index in [2.05, 4.69) is 24.3 Å². The van der Waals surface area contributed by atoms with Gasteiger partial charge in [0.2, 0.25) is 5.78 Å². The zero-order chi connectivity index (χ0) is 19.8. The Labute approximate surface area is 173 Å². The number of unbranched alkanes of at least 4 members (excludes halogenated alkanes) is 1. The molecule has 4 nitrogen and oxygen atoms in total. The minimum atomic E-state index is -0.343. The first-order valence-corrected chi connectivity index (χ1v) is 11.1. The molecule has 1 aromatic carbocycles. The molecule has 28 heavy (non-hydrogen) atoms. The zero-order valence-electron chi connectivity index (χ0n) is 16.6. The Morgan fingerprint density at radius 1 is 1.00 bits per heavy atom. The van der Waals surface area contributed by atoms with Crippen molar-refractivity contribution in [1.82, 2.24) is 4.90 Å². The number of ether oxygens (including phenoxy) is 1. The number of carbonyl (C=O) groups excluding carboxylic acids is 2. The summed E-state index contributed by atoms with van der Waals surface area (Å²) in [5.74, 6) is -0.642. The molecule has 0 aromatic heterocycles. The maximum atomic E-state index is 12.8. The standard InChI is InChI=1S/C23H31NO3S/c25-21(19-13-5-2-6-14-19)22(26)24-16-9-15-20(24)23(28)27-17-8-7-12-18-10-3-1-4-11-18/h1,3-4,10-11,19-20H,2,5-9,12-17H2. The van der Waals surface area contributed by atoms with Gasteiger partial charge in [-0.1, -0.05) is 49.6 Å². The molecule has 1 heterocycles. The molecule has 1 amide bonds. The molecule has 0 bridgehead atoms. The lowest BCUT2D eigenvalue weighted by Crippen LogP contribution is -2.46. The number of thiocarbonyl (C=S) groups is 1. The Morgan fingerprint density at radius 3 is 2.50 bits per heavy atom. The van der Waals surface area contributed by atoms with Crippen LogP contribution in [0.1, 0.15) is 63.4 Å². The summed E-state index contributed by atoms with van der Waals surface area (Å²) < 4.78 is 5.80. The van der Waals surface area contributed by atoms with E-state index < -0.39 is 0 Å². The lowest BCUT2D eigenvalue weighted by Gasteiger charge is -2.27. The van der Waals surface area contributed by atoms with Crippen molar-refractivity contribution in [2.75, 3.05) is 13.2 Å². The normalized spacial score (nSPS) is 20.1. The molecular formula is C23H31NO3S. The first-order chi connectivity index (χ1) is 13.7. The number of benzene rings is 1. The van der Waals surface area contributed by atoms with Crippen LogP contribution in [0.25, 0.3) is 0 Å². The van der Waals surface area contributed by atoms with Crippen LogP contribution in [0.5, 0.6) is 0 Å². The minimum absolute atomic E-state index is 0.0880. The Hall–Kier alpha value is -1.75. The second kappa shape index (κ2) is 10.7. The molecule has 1 unspecified atom stereocenters. The number of nitrogens with zero attached hydrogens (tertiary/aromatic N) is 1. The zero-order valence-corrected chi connectivity index (χ0v) is 17.4. The molecule has 152 valence electrons. The van der Waals surface area contributed by atoms with Gasteiger partial charge in [-0.3, -0.25) is 9.59 Å². The molecule has 1 aliphatic heterocycles. The molecule has 1 aliphatic carbocycles. The highest BCUT2D eigenvalue weighted by Crippen LogP contribution is 2.27. The summed E-state index contributed by atoms with van der Waals surface area (Å²) in [5, 5.41) is 0.474. The van der Waals surface area contributed by atoms with Crippen LogP contribution < -0.4 is 0 Å². The van der Waals surface area contributed by atoms with Gasteiger partial charge in [0.15, 0.2) is 5.05 Å². The summed E-state index contributed by atoms with van der Waals surface area (Å²) in [7, 11) is 0. The third-order valence-corrected chi connectivity index (χ3v) is 6.31. The molecule has 2 aliphatic rings. The van der Waals surface area contributed by atoms with E-state index in [4.69, 9.17) is 17.0 Å². The van der Waals surface area contributed by atoms with Gasteiger partial charge in [0.05, 0.1) is 6.61 Å². The predicted octanol–water partition coefficient (Wildman–Crippen LogP) is 4.49. The largest absolute Gasteiger partial charge is 0.485 e. The molecule has 0 spiro atoms. The van der Waals surface area contributed by atoms with Gasteiger partial charge in [0, 0.05) is 12.5 Å². The highest BCUT2D eigenvalue weighted by Gasteiger charge is 2.38. The van der Waals surface area contributed by atoms with E-state index in [0.29, 0.717) is 18.2 Å². The van der Waals surface area contributed by atoms with Gasteiger partial charge in [0.1, 0.15) is 6.04 Å². The lowest BCUT2D eigenvalue weighted by atomic mass is 9.86. The first-order valence-electron chi connectivity index (χ1n) is 10.7. The summed E-state index contributed by atoms with van der Waals surface area (Å²) in [5.41, 5.74) is 1.33. The van der Waals surface area contributed by atoms with Crippen LogP contribution in [-0.4, -0.2) is 40.8 Å². The van der Waals surface area contributed by atoms with Crippen LogP contribution in [0.3, 0.4) is 0 Å². The molecular weight excluding hydrogens is 370 g/mol. The molecule has 5 heteroatoms. The third kappa shape index (κ3) is 5.63. The molecule has 0 radical (unpaired) electrons. The maximum absolute atomic E-state index is 12.8. The molecule has 1 aromatic rings. The Kier molecular flexibility index (Phi) is 8.01. The fourth-order valence-electron chi connectivity index (χ4n) is 4.28. The van der Waals surface area contributed by atoms with Gasteiger partial charge < -0.3 is 9.64 Å². The second-order valence-electron chi connectivity index (χ2n) is 7.97. The van der Waals surface area contributed by atoms with Crippen molar-refractivity contribution in [3.63, 3.8) is 0 Å². The van der Waals surface area contributed by atoms with Crippen LogP contribution in [0.4, 0.5) is 0 Å². The summed E-state index contributed by atoms with van der Waals surface area (Å²) in [4.78, 5) is 27.0. The van der Waals surface area contributed by atoms with Crippen molar-refractivity contribution < 1.29 is 14.3 Å². The average Bonchev–Trinajstić information content (AvgIpc) is 3.23. The number of aryl methyl sites for hydroxylation is 1. The van der Waals surface area contributed by atoms with Gasteiger partial charge in [-0.15, -0.1) is 0 Å². The van der Waals surface area contributed by atoms with Gasteiger partial charge in [0.25, 0.3) is 5.91 Å². The summed E-state index contributed by atoms with van der Waals surface area (Å²) in [6.07, 6.45) is 9.66. The number of likely N-dealkylation sites (tertiary alicyclic amines) is 1. The molecule has 3 rings (SSSR count). The highest BCUT2D eigenvalue weighted by atomic mass is 32.1. The topological polar surface area (TPSA) is 46.6 Å². The van der Waals surface area contributed by atoms with E-state index in [1.807, 2.05) is 6.07 Å². The maximum Gasteiger partial charge on any atom is 0.290 e. The smallest absolute Gasteiger partial charge is 0.290 e. The lowest BCUT2D eigenvalue weighted by molar-refractivity contribution is -0.147. The summed E-state index contributed by atoms with van der Waals surface area (Å²) in [6.45, 7) is 1.18. The Morgan fingerprint density at radius 2 is 1.75 bits per heavy atom. The minimum Gasteiger partial charge on any atom is -0.485 e. The number of hydrogen-bond acceptors (Lipinski definition) is 4. The van der Waals surface area contributed by atoms with Crippen LogP contribution >= 0.6 is 12.2 Å². The van der Waals surface area contributed by atoms with Gasteiger partial charge in [-0.05, 0) is 62.7 Å². The van der Waals surface area contributed by atoms with Gasteiger partial charge >= 0.3 is 0 Å². The molecule has 1 saturated carbocycles. The van der Waals surface area contributed by atoms with Crippen molar-refractivity contribution >= 4 is 29.0 Å². The quantitative estimate of drug-likeness (QED) is 0.366. The van der Waals surface area contributed by atoms with E-state index >= 15 is 0 Å². The monoisotopic (exact) mass is 401 g/mol. The molecule has 1 saturated heterocycles. The Balaban J connectivity index is 1.42. The molecule has 0 N–H and O–H groups in total. The Bertz CT molecular complexity index is 670. The van der Waals surface area contributed by atoms with Crippen molar-refractivity contribution in [2.24, 2.45) is 5.92 Å². The van der Waals surface area contributed by atoms with E-state index in [1.165, 1.54) is 12.0 Å². The van der Waals surface area contributed by atoms with Crippen molar-refractivity contribution in [2.45, 2.75) is 70.3 Å². The molecule has 2 fully saturated rings. The van der Waals surface area contributed by atoms with Crippen LogP contribution in [0, 0.1) is 5.92 Å².